The number of amides is 1. The van der Waals surface area contributed by atoms with E-state index in [4.69, 9.17) is 4.74 Å². The van der Waals surface area contributed by atoms with Crippen LogP contribution in [0.15, 0.2) is 18.2 Å². The average Bonchev–Trinajstić information content (AvgIpc) is 2.40. The maximum atomic E-state index is 11.0. The van der Waals surface area contributed by atoms with E-state index in [0.29, 0.717) is 5.92 Å². The van der Waals surface area contributed by atoms with Gasteiger partial charge in [0.2, 0.25) is 5.91 Å². The molecule has 19 heavy (non-hydrogen) atoms. The van der Waals surface area contributed by atoms with E-state index < -0.39 is 0 Å². The van der Waals surface area contributed by atoms with Gasteiger partial charge in [-0.3, -0.25) is 4.79 Å². The second kappa shape index (κ2) is 6.57. The monoisotopic (exact) mass is 262 g/mol. The second-order valence-corrected chi connectivity index (χ2v) is 5.15. The van der Waals surface area contributed by atoms with Gasteiger partial charge in [-0.05, 0) is 49.4 Å². The number of anilines is 2. The third-order valence-electron chi connectivity index (χ3n) is 3.47. The van der Waals surface area contributed by atoms with Crippen molar-refractivity contribution in [3.8, 4) is 0 Å². The van der Waals surface area contributed by atoms with Crippen LogP contribution in [0.5, 0.6) is 0 Å². The molecule has 0 aliphatic carbocycles. The van der Waals surface area contributed by atoms with Crippen LogP contribution >= 0.6 is 0 Å². The standard InChI is InChI=1S/C15H22N2O2/c1-11-9-14(3-4-15(11)17-12(2)18)16-10-13-5-7-19-8-6-13/h3-4,9,13,16H,5-8,10H2,1-2H3,(H,17,18). The molecule has 1 fully saturated rings. The molecule has 0 radical (unpaired) electrons. The van der Waals surface area contributed by atoms with Crippen LogP contribution in [0.4, 0.5) is 11.4 Å². The summed E-state index contributed by atoms with van der Waals surface area (Å²) in [6.45, 7) is 6.28. The minimum Gasteiger partial charge on any atom is -0.385 e. The smallest absolute Gasteiger partial charge is 0.221 e. The van der Waals surface area contributed by atoms with Gasteiger partial charge in [-0.1, -0.05) is 0 Å². The Morgan fingerprint density at radius 3 is 2.74 bits per heavy atom. The highest BCUT2D eigenvalue weighted by molar-refractivity contribution is 5.89. The molecule has 0 aromatic heterocycles. The molecule has 0 atom stereocenters. The zero-order valence-electron chi connectivity index (χ0n) is 11.7. The van der Waals surface area contributed by atoms with E-state index in [1.165, 1.54) is 6.92 Å². The third-order valence-corrected chi connectivity index (χ3v) is 3.47. The zero-order chi connectivity index (χ0) is 13.7. The fourth-order valence-corrected chi connectivity index (χ4v) is 2.32. The summed E-state index contributed by atoms with van der Waals surface area (Å²) >= 11 is 0. The summed E-state index contributed by atoms with van der Waals surface area (Å²) in [4.78, 5) is 11.0. The van der Waals surface area contributed by atoms with Gasteiger partial charge in [0.25, 0.3) is 0 Å². The van der Waals surface area contributed by atoms with Crippen molar-refractivity contribution in [2.24, 2.45) is 5.92 Å². The zero-order valence-corrected chi connectivity index (χ0v) is 11.7. The SMILES string of the molecule is CC(=O)Nc1ccc(NCC2CCOCC2)cc1C. The van der Waals surface area contributed by atoms with E-state index >= 15 is 0 Å². The van der Waals surface area contributed by atoms with Crippen molar-refractivity contribution in [3.05, 3.63) is 23.8 Å². The summed E-state index contributed by atoms with van der Waals surface area (Å²) in [5, 5.41) is 6.29. The van der Waals surface area contributed by atoms with Crippen LogP contribution in [-0.2, 0) is 9.53 Å². The van der Waals surface area contributed by atoms with Crippen LogP contribution in [0.25, 0.3) is 0 Å². The normalized spacial score (nSPS) is 16.1. The van der Waals surface area contributed by atoms with Crippen LogP contribution < -0.4 is 10.6 Å². The lowest BCUT2D eigenvalue weighted by Crippen LogP contribution is -2.22. The van der Waals surface area contributed by atoms with Gasteiger partial charge in [-0.2, -0.15) is 0 Å². The summed E-state index contributed by atoms with van der Waals surface area (Å²) in [6.07, 6.45) is 2.27. The Kier molecular flexibility index (Phi) is 4.80. The number of ether oxygens (including phenoxy) is 1. The lowest BCUT2D eigenvalue weighted by molar-refractivity contribution is -0.114. The Hall–Kier alpha value is -1.55. The Balaban J connectivity index is 1.90. The summed E-state index contributed by atoms with van der Waals surface area (Å²) in [5.41, 5.74) is 3.06. The van der Waals surface area contributed by atoms with Crippen LogP contribution in [0.2, 0.25) is 0 Å². The Labute approximate surface area is 114 Å². The molecule has 2 rings (SSSR count). The number of carbonyl (C=O) groups is 1. The molecule has 1 aromatic carbocycles. The van der Waals surface area contributed by atoms with Crippen molar-refractivity contribution in [3.63, 3.8) is 0 Å². The van der Waals surface area contributed by atoms with Crippen molar-refractivity contribution in [1.29, 1.82) is 0 Å². The number of hydrogen-bond donors (Lipinski definition) is 2. The molecule has 1 amide bonds. The van der Waals surface area contributed by atoms with Gasteiger partial charge in [0.05, 0.1) is 0 Å². The molecule has 1 aromatic rings. The van der Waals surface area contributed by atoms with Gasteiger partial charge < -0.3 is 15.4 Å². The predicted octanol–water partition coefficient (Wildman–Crippen LogP) is 2.79. The first kappa shape index (κ1) is 13.9. The van der Waals surface area contributed by atoms with E-state index in [9.17, 15) is 4.79 Å². The fourth-order valence-electron chi connectivity index (χ4n) is 2.32. The first-order valence-electron chi connectivity index (χ1n) is 6.85. The molecular weight excluding hydrogens is 240 g/mol. The summed E-state index contributed by atoms with van der Waals surface area (Å²) in [7, 11) is 0. The van der Waals surface area contributed by atoms with Crippen molar-refractivity contribution in [1.82, 2.24) is 0 Å². The van der Waals surface area contributed by atoms with Gasteiger partial charge in [-0.25, -0.2) is 0 Å². The first-order valence-corrected chi connectivity index (χ1v) is 6.85. The van der Waals surface area contributed by atoms with Gasteiger partial charge >= 0.3 is 0 Å². The van der Waals surface area contributed by atoms with Crippen LogP contribution in [0.3, 0.4) is 0 Å². The van der Waals surface area contributed by atoms with E-state index in [2.05, 4.69) is 16.7 Å². The Morgan fingerprint density at radius 2 is 2.11 bits per heavy atom. The molecular formula is C15H22N2O2. The van der Waals surface area contributed by atoms with Crippen molar-refractivity contribution < 1.29 is 9.53 Å². The molecule has 2 N–H and O–H groups in total. The summed E-state index contributed by atoms with van der Waals surface area (Å²) < 4.78 is 5.36. The molecule has 1 aliphatic rings. The number of rotatable bonds is 4. The summed E-state index contributed by atoms with van der Waals surface area (Å²) in [5.74, 6) is 0.662. The number of carbonyl (C=O) groups excluding carboxylic acids is 1. The molecule has 4 nitrogen and oxygen atoms in total. The van der Waals surface area contributed by atoms with E-state index in [1.807, 2.05) is 19.1 Å². The molecule has 0 bridgehead atoms. The minimum atomic E-state index is -0.0361. The third kappa shape index (κ3) is 4.24. The predicted molar refractivity (Wildman–Crippen MR) is 77.5 cm³/mol. The number of aryl methyl sites for hydroxylation is 1. The van der Waals surface area contributed by atoms with Crippen LogP contribution in [-0.4, -0.2) is 25.7 Å². The van der Waals surface area contributed by atoms with Gasteiger partial charge in [0, 0.05) is 38.1 Å². The Morgan fingerprint density at radius 1 is 1.37 bits per heavy atom. The molecule has 0 spiro atoms. The van der Waals surface area contributed by atoms with Crippen molar-refractivity contribution >= 4 is 17.3 Å². The van der Waals surface area contributed by atoms with Crippen LogP contribution in [0.1, 0.15) is 25.3 Å². The average molecular weight is 262 g/mol. The van der Waals surface area contributed by atoms with E-state index in [0.717, 1.165) is 49.5 Å². The van der Waals surface area contributed by atoms with E-state index in [-0.39, 0.29) is 5.91 Å². The molecule has 1 aliphatic heterocycles. The van der Waals surface area contributed by atoms with Crippen molar-refractivity contribution in [2.45, 2.75) is 26.7 Å². The highest BCUT2D eigenvalue weighted by atomic mass is 16.5. The van der Waals surface area contributed by atoms with Gasteiger partial charge in [-0.15, -0.1) is 0 Å². The minimum absolute atomic E-state index is 0.0361. The molecule has 104 valence electrons. The van der Waals surface area contributed by atoms with Crippen LogP contribution in [0, 0.1) is 12.8 Å². The molecule has 1 heterocycles. The molecule has 1 saturated heterocycles. The highest BCUT2D eigenvalue weighted by Gasteiger charge is 2.13. The fraction of sp³-hybridized carbons (Fsp3) is 0.533. The van der Waals surface area contributed by atoms with Crippen molar-refractivity contribution in [2.75, 3.05) is 30.4 Å². The largest absolute Gasteiger partial charge is 0.385 e. The number of nitrogens with one attached hydrogen (secondary N) is 2. The Bertz CT molecular complexity index is 440. The van der Waals surface area contributed by atoms with Gasteiger partial charge in [0.1, 0.15) is 0 Å². The number of hydrogen-bond acceptors (Lipinski definition) is 3. The summed E-state index contributed by atoms with van der Waals surface area (Å²) in [6, 6.07) is 6.03. The number of benzene rings is 1. The maximum absolute atomic E-state index is 11.0. The molecule has 4 heteroatoms. The molecule has 0 unspecified atom stereocenters. The second-order valence-electron chi connectivity index (χ2n) is 5.15. The lowest BCUT2D eigenvalue weighted by atomic mass is 10.0. The highest BCUT2D eigenvalue weighted by Crippen LogP contribution is 2.21. The maximum Gasteiger partial charge on any atom is 0.221 e. The molecule has 0 saturated carbocycles. The first-order chi connectivity index (χ1) is 9.15. The van der Waals surface area contributed by atoms with E-state index in [1.54, 1.807) is 0 Å². The lowest BCUT2D eigenvalue weighted by Gasteiger charge is -2.22. The topological polar surface area (TPSA) is 50.4 Å². The quantitative estimate of drug-likeness (QED) is 0.877. The van der Waals surface area contributed by atoms with Gasteiger partial charge in [0.15, 0.2) is 0 Å².